The average molecular weight is 433 g/mol. The molecule has 8 nitrogen and oxygen atoms in total. The summed E-state index contributed by atoms with van der Waals surface area (Å²) in [5.41, 5.74) is 0.726. The fourth-order valence-electron chi connectivity index (χ4n) is 3.45. The third-order valence-electron chi connectivity index (χ3n) is 4.91. The number of nitrogens with zero attached hydrogens (tertiary/aromatic N) is 1. The molecular formula is C21H23NO7S. The van der Waals surface area contributed by atoms with E-state index in [2.05, 4.69) is 0 Å². The van der Waals surface area contributed by atoms with E-state index in [-0.39, 0.29) is 23.4 Å². The molecule has 0 radical (unpaired) electrons. The minimum atomic E-state index is -3.68. The Morgan fingerprint density at radius 2 is 1.67 bits per heavy atom. The topological polar surface area (TPSA) is 99.2 Å². The van der Waals surface area contributed by atoms with Crippen LogP contribution in [0.1, 0.15) is 38.5 Å². The van der Waals surface area contributed by atoms with Crippen LogP contribution in [0.15, 0.2) is 36.4 Å². The van der Waals surface area contributed by atoms with Gasteiger partial charge >= 0.3 is 0 Å². The number of carbonyl (C=O) groups excluding carboxylic acids is 2. The molecule has 0 fully saturated rings. The van der Waals surface area contributed by atoms with E-state index in [0.717, 1.165) is 11.2 Å². The molecule has 0 saturated heterocycles. The Kier molecular flexibility index (Phi) is 6.02. The number of hydrogen-bond donors (Lipinski definition) is 0. The first kappa shape index (κ1) is 21.6. The third kappa shape index (κ3) is 3.85. The van der Waals surface area contributed by atoms with E-state index in [9.17, 15) is 18.0 Å². The van der Waals surface area contributed by atoms with E-state index >= 15 is 0 Å². The van der Waals surface area contributed by atoms with Crippen LogP contribution in [0, 0.1) is 0 Å². The molecule has 1 aliphatic rings. The number of hydrogen-bond acceptors (Lipinski definition) is 7. The normalized spacial score (nSPS) is 14.5. The van der Waals surface area contributed by atoms with Crippen molar-refractivity contribution in [2.45, 2.75) is 12.2 Å². The maximum atomic E-state index is 12.9. The van der Waals surface area contributed by atoms with Crippen LogP contribution in [0.5, 0.6) is 17.2 Å². The highest BCUT2D eigenvalue weighted by Crippen LogP contribution is 2.36. The third-order valence-corrected chi connectivity index (χ3v) is 6.36. The minimum absolute atomic E-state index is 0.141. The fraction of sp³-hybridized carbons (Fsp3) is 0.333. The van der Waals surface area contributed by atoms with Gasteiger partial charge in [0.25, 0.3) is 11.8 Å². The van der Waals surface area contributed by atoms with Gasteiger partial charge in [-0.15, -0.1) is 0 Å². The van der Waals surface area contributed by atoms with Gasteiger partial charge < -0.3 is 14.2 Å². The van der Waals surface area contributed by atoms with Gasteiger partial charge in [-0.25, -0.2) is 8.42 Å². The van der Waals surface area contributed by atoms with Crippen molar-refractivity contribution in [3.63, 3.8) is 0 Å². The van der Waals surface area contributed by atoms with Crippen molar-refractivity contribution in [2.75, 3.05) is 33.6 Å². The summed E-state index contributed by atoms with van der Waals surface area (Å²) in [6, 6.07) is 9.47. The molecule has 0 aliphatic carbocycles. The van der Waals surface area contributed by atoms with Gasteiger partial charge in [-0.1, -0.05) is 12.1 Å². The largest absolute Gasteiger partial charge is 0.496 e. The van der Waals surface area contributed by atoms with Gasteiger partial charge in [-0.2, -0.15) is 0 Å². The van der Waals surface area contributed by atoms with E-state index in [1.165, 1.54) is 20.3 Å². The molecule has 0 saturated carbocycles. The van der Waals surface area contributed by atoms with Crippen LogP contribution >= 0.6 is 0 Å². The summed E-state index contributed by atoms with van der Waals surface area (Å²) in [5, 5.41) is -1.13. The van der Waals surface area contributed by atoms with E-state index in [1.54, 1.807) is 37.3 Å². The van der Waals surface area contributed by atoms with Gasteiger partial charge in [0, 0.05) is 6.26 Å². The second-order valence-corrected chi connectivity index (χ2v) is 8.99. The number of imide groups is 1. The van der Waals surface area contributed by atoms with Crippen LogP contribution < -0.4 is 14.2 Å². The average Bonchev–Trinajstić information content (AvgIpc) is 2.96. The summed E-state index contributed by atoms with van der Waals surface area (Å²) in [4.78, 5) is 26.7. The van der Waals surface area contributed by atoms with Gasteiger partial charge in [0.1, 0.15) is 11.0 Å². The van der Waals surface area contributed by atoms with Gasteiger partial charge in [0.15, 0.2) is 21.3 Å². The number of carbonyl (C=O) groups is 2. The zero-order chi connectivity index (χ0) is 22.1. The standard InChI is InChI=1S/C21H23NO7S/c1-5-29-17-11-13(9-10-15(17)27-2)18(30(4,25)26)12-22-20(23)14-7-6-8-16(28-3)19(14)21(22)24/h6-11,18H,5,12H2,1-4H3. The maximum Gasteiger partial charge on any atom is 0.265 e. The van der Waals surface area contributed by atoms with Crippen LogP contribution in [-0.4, -0.2) is 58.8 Å². The van der Waals surface area contributed by atoms with Crippen LogP contribution in [0.2, 0.25) is 0 Å². The Morgan fingerprint density at radius 3 is 2.27 bits per heavy atom. The molecule has 1 aliphatic heterocycles. The Hall–Kier alpha value is -3.07. The summed E-state index contributed by atoms with van der Waals surface area (Å²) in [6.07, 6.45) is 1.07. The predicted octanol–water partition coefficient (Wildman–Crippen LogP) is 2.48. The molecule has 1 atom stereocenters. The summed E-state index contributed by atoms with van der Waals surface area (Å²) in [7, 11) is -0.792. The van der Waals surface area contributed by atoms with E-state index in [1.807, 2.05) is 0 Å². The lowest BCUT2D eigenvalue weighted by Gasteiger charge is -2.22. The number of rotatable bonds is 8. The van der Waals surface area contributed by atoms with Crippen molar-refractivity contribution in [3.05, 3.63) is 53.1 Å². The molecule has 30 heavy (non-hydrogen) atoms. The zero-order valence-electron chi connectivity index (χ0n) is 17.2. The molecule has 160 valence electrons. The van der Waals surface area contributed by atoms with Crippen molar-refractivity contribution in [1.82, 2.24) is 4.90 Å². The summed E-state index contributed by atoms with van der Waals surface area (Å²) in [6.45, 7) is 1.83. The van der Waals surface area contributed by atoms with Crippen molar-refractivity contribution < 1.29 is 32.2 Å². The molecular weight excluding hydrogens is 410 g/mol. The highest BCUT2D eigenvalue weighted by molar-refractivity contribution is 7.91. The Bertz CT molecular complexity index is 1090. The molecule has 1 unspecified atom stereocenters. The molecule has 2 amide bonds. The number of ether oxygens (including phenoxy) is 3. The lowest BCUT2D eigenvalue weighted by molar-refractivity contribution is 0.0653. The number of fused-ring (bicyclic) bond motifs is 1. The second-order valence-electron chi connectivity index (χ2n) is 6.77. The van der Waals surface area contributed by atoms with Crippen LogP contribution in [0.25, 0.3) is 0 Å². The Labute approximate surface area is 175 Å². The highest BCUT2D eigenvalue weighted by Gasteiger charge is 2.41. The molecule has 3 rings (SSSR count). The first-order chi connectivity index (χ1) is 14.2. The van der Waals surface area contributed by atoms with Gasteiger partial charge in [-0.05, 0) is 36.8 Å². The number of sulfone groups is 1. The zero-order valence-corrected chi connectivity index (χ0v) is 18.0. The van der Waals surface area contributed by atoms with Crippen molar-refractivity contribution in [2.24, 2.45) is 0 Å². The quantitative estimate of drug-likeness (QED) is 0.590. The molecule has 2 aromatic carbocycles. The molecule has 9 heteroatoms. The number of methoxy groups -OCH3 is 2. The molecule has 2 aromatic rings. The summed E-state index contributed by atoms with van der Waals surface area (Å²) in [5.74, 6) is -0.0263. The van der Waals surface area contributed by atoms with Crippen molar-refractivity contribution >= 4 is 21.7 Å². The Morgan fingerprint density at radius 1 is 0.967 bits per heavy atom. The van der Waals surface area contributed by atoms with Crippen molar-refractivity contribution in [1.29, 1.82) is 0 Å². The van der Waals surface area contributed by atoms with Gasteiger partial charge in [0.05, 0.1) is 38.5 Å². The first-order valence-corrected chi connectivity index (χ1v) is 11.2. The lowest BCUT2D eigenvalue weighted by Crippen LogP contribution is -2.36. The Balaban J connectivity index is 2.01. The minimum Gasteiger partial charge on any atom is -0.496 e. The summed E-state index contributed by atoms with van der Waals surface area (Å²) >= 11 is 0. The number of benzene rings is 2. The monoisotopic (exact) mass is 433 g/mol. The van der Waals surface area contributed by atoms with Gasteiger partial charge in [-0.3, -0.25) is 14.5 Å². The van der Waals surface area contributed by atoms with Gasteiger partial charge in [0.2, 0.25) is 0 Å². The van der Waals surface area contributed by atoms with Crippen LogP contribution in [0.3, 0.4) is 0 Å². The first-order valence-electron chi connectivity index (χ1n) is 9.25. The van der Waals surface area contributed by atoms with E-state index < -0.39 is 26.9 Å². The molecule has 1 heterocycles. The summed E-state index contributed by atoms with van der Waals surface area (Å²) < 4.78 is 41.2. The smallest absolute Gasteiger partial charge is 0.265 e. The van der Waals surface area contributed by atoms with E-state index in [4.69, 9.17) is 14.2 Å². The molecule has 0 N–H and O–H groups in total. The molecule has 0 aromatic heterocycles. The van der Waals surface area contributed by atoms with Crippen LogP contribution in [-0.2, 0) is 9.84 Å². The number of amides is 2. The predicted molar refractivity (Wildman–Crippen MR) is 110 cm³/mol. The molecule has 0 bridgehead atoms. The fourth-order valence-corrected chi connectivity index (χ4v) is 4.51. The SMILES string of the molecule is CCOc1cc(C(CN2C(=O)c3cccc(OC)c3C2=O)S(C)(=O)=O)ccc1OC. The molecule has 0 spiro atoms. The van der Waals surface area contributed by atoms with Crippen molar-refractivity contribution in [3.8, 4) is 17.2 Å². The second kappa shape index (κ2) is 8.35. The lowest BCUT2D eigenvalue weighted by atomic mass is 10.1. The van der Waals surface area contributed by atoms with E-state index in [0.29, 0.717) is 23.7 Å². The van der Waals surface area contributed by atoms with Crippen LogP contribution in [0.4, 0.5) is 0 Å². The maximum absolute atomic E-state index is 12.9. The highest BCUT2D eigenvalue weighted by atomic mass is 32.2.